The van der Waals surface area contributed by atoms with Crippen molar-refractivity contribution in [3.63, 3.8) is 0 Å². The molecule has 0 spiro atoms. The Kier molecular flexibility index (Phi) is 16.8. The molecule has 0 amide bonds. The molecule has 0 bridgehead atoms. The summed E-state index contributed by atoms with van der Waals surface area (Å²) in [5.41, 5.74) is 10.5. The van der Waals surface area contributed by atoms with E-state index in [1.54, 1.807) is 21.6 Å². The van der Waals surface area contributed by atoms with E-state index in [2.05, 4.69) is 0 Å². The summed E-state index contributed by atoms with van der Waals surface area (Å²) < 4.78 is 0. The normalized spacial score (nSPS) is 8.67. The second-order valence-electron chi connectivity index (χ2n) is 1.22. The molecule has 5 heteroatoms. The molecule has 0 aliphatic carbocycles. The molecular formula is C4H13BrN2S2. The Bertz CT molecular complexity index is 41.5. The van der Waals surface area contributed by atoms with Crippen molar-refractivity contribution in [3.05, 3.63) is 0 Å². The van der Waals surface area contributed by atoms with Gasteiger partial charge in [0.2, 0.25) is 0 Å². The predicted molar refractivity (Wildman–Crippen MR) is 53.3 cm³/mol. The zero-order valence-corrected chi connectivity index (χ0v) is 8.55. The van der Waals surface area contributed by atoms with Gasteiger partial charge in [0.15, 0.2) is 0 Å². The van der Waals surface area contributed by atoms with Crippen molar-refractivity contribution in [2.45, 2.75) is 0 Å². The van der Waals surface area contributed by atoms with Crippen LogP contribution in [0.2, 0.25) is 0 Å². The first-order valence-corrected chi connectivity index (χ1v) is 5.05. The number of nitrogens with two attached hydrogens (primary N) is 2. The van der Waals surface area contributed by atoms with E-state index in [1.165, 1.54) is 0 Å². The lowest BCUT2D eigenvalue weighted by Gasteiger charge is -1.93. The molecule has 4 N–H and O–H groups in total. The standard InChI is InChI=1S/C4H12N2S2.BrH/c5-1-3-7-8-4-2-6;/h1-6H2;1H. The summed E-state index contributed by atoms with van der Waals surface area (Å²) in [6.45, 7) is 1.53. The van der Waals surface area contributed by atoms with Gasteiger partial charge in [0.1, 0.15) is 0 Å². The van der Waals surface area contributed by atoms with E-state index in [-0.39, 0.29) is 17.0 Å². The number of rotatable bonds is 5. The van der Waals surface area contributed by atoms with Crippen molar-refractivity contribution in [3.8, 4) is 0 Å². The number of hydrogen-bond acceptors (Lipinski definition) is 4. The zero-order valence-electron chi connectivity index (χ0n) is 5.21. The Morgan fingerprint density at radius 2 is 1.22 bits per heavy atom. The maximum absolute atomic E-state index is 5.25. The van der Waals surface area contributed by atoms with Gasteiger partial charge in [0.25, 0.3) is 0 Å². The van der Waals surface area contributed by atoms with Crippen molar-refractivity contribution in [2.24, 2.45) is 11.5 Å². The Morgan fingerprint density at radius 1 is 0.889 bits per heavy atom. The van der Waals surface area contributed by atoms with Crippen molar-refractivity contribution in [1.29, 1.82) is 0 Å². The fourth-order valence-corrected chi connectivity index (χ4v) is 1.93. The van der Waals surface area contributed by atoms with Crippen LogP contribution in [0.5, 0.6) is 0 Å². The Balaban J connectivity index is 0. The average molecular weight is 233 g/mol. The number of halogens is 1. The van der Waals surface area contributed by atoms with Crippen LogP contribution in [0.4, 0.5) is 0 Å². The largest absolute Gasteiger partial charge is 0.330 e. The maximum Gasteiger partial charge on any atom is 0.0160 e. The van der Waals surface area contributed by atoms with Gasteiger partial charge in [-0.05, 0) is 0 Å². The van der Waals surface area contributed by atoms with E-state index < -0.39 is 0 Å². The first-order chi connectivity index (χ1) is 3.91. The van der Waals surface area contributed by atoms with Crippen LogP contribution in [0.3, 0.4) is 0 Å². The summed E-state index contributed by atoms with van der Waals surface area (Å²) in [6, 6.07) is 0. The summed E-state index contributed by atoms with van der Waals surface area (Å²) in [5.74, 6) is 2.06. The fourth-order valence-electron chi connectivity index (χ4n) is 0.214. The average Bonchev–Trinajstić information content (AvgIpc) is 1.81. The molecule has 58 valence electrons. The molecule has 0 aromatic rings. The topological polar surface area (TPSA) is 52.0 Å². The van der Waals surface area contributed by atoms with E-state index in [4.69, 9.17) is 11.5 Å². The molecule has 0 atom stereocenters. The van der Waals surface area contributed by atoms with E-state index in [0.717, 1.165) is 24.6 Å². The molecule has 0 radical (unpaired) electrons. The summed E-state index contributed by atoms with van der Waals surface area (Å²) in [7, 11) is 3.58. The minimum Gasteiger partial charge on any atom is -0.330 e. The SMILES string of the molecule is Br.NCCSSCCN. The van der Waals surface area contributed by atoms with Crippen LogP contribution in [0.1, 0.15) is 0 Å². The van der Waals surface area contributed by atoms with E-state index in [0.29, 0.717) is 0 Å². The van der Waals surface area contributed by atoms with Crippen LogP contribution in [0, 0.1) is 0 Å². The van der Waals surface area contributed by atoms with Crippen molar-refractivity contribution < 1.29 is 0 Å². The summed E-state index contributed by atoms with van der Waals surface area (Å²) >= 11 is 0. The molecular weight excluding hydrogens is 220 g/mol. The van der Waals surface area contributed by atoms with Gasteiger partial charge in [-0.1, -0.05) is 21.6 Å². The van der Waals surface area contributed by atoms with Crippen LogP contribution < -0.4 is 11.5 Å². The molecule has 0 heterocycles. The Hall–Kier alpha value is 1.10. The summed E-state index contributed by atoms with van der Waals surface area (Å²) in [4.78, 5) is 0. The lowest BCUT2D eigenvalue weighted by Crippen LogP contribution is -2.02. The minimum absolute atomic E-state index is 0. The van der Waals surface area contributed by atoms with Crippen LogP contribution in [0.15, 0.2) is 0 Å². The second-order valence-corrected chi connectivity index (χ2v) is 3.92. The van der Waals surface area contributed by atoms with Crippen LogP contribution in [-0.2, 0) is 0 Å². The highest BCUT2D eigenvalue weighted by Gasteiger charge is 1.84. The predicted octanol–water partition coefficient (Wildman–Crippen LogP) is 0.863. The number of hydrogen-bond donors (Lipinski definition) is 2. The second kappa shape index (κ2) is 11.8. The molecule has 0 unspecified atom stereocenters. The van der Waals surface area contributed by atoms with Crippen molar-refractivity contribution in [1.82, 2.24) is 0 Å². The molecule has 0 aromatic heterocycles. The minimum atomic E-state index is 0. The first-order valence-electron chi connectivity index (χ1n) is 2.56. The summed E-state index contributed by atoms with van der Waals surface area (Å²) in [5, 5.41) is 0. The van der Waals surface area contributed by atoms with Gasteiger partial charge >= 0.3 is 0 Å². The van der Waals surface area contributed by atoms with Gasteiger partial charge in [-0.15, -0.1) is 17.0 Å². The zero-order chi connectivity index (χ0) is 6.24. The highest BCUT2D eigenvalue weighted by molar-refractivity contribution is 8.93. The van der Waals surface area contributed by atoms with Gasteiger partial charge in [-0.25, -0.2) is 0 Å². The van der Waals surface area contributed by atoms with Crippen LogP contribution >= 0.6 is 38.6 Å². The quantitative estimate of drug-likeness (QED) is 0.546. The molecule has 0 aliphatic rings. The third kappa shape index (κ3) is 12.3. The molecule has 9 heavy (non-hydrogen) atoms. The van der Waals surface area contributed by atoms with Crippen LogP contribution in [0.25, 0.3) is 0 Å². The lowest BCUT2D eigenvalue weighted by molar-refractivity contribution is 1.15. The maximum atomic E-state index is 5.25. The van der Waals surface area contributed by atoms with E-state index in [1.807, 2.05) is 0 Å². The molecule has 0 saturated carbocycles. The highest BCUT2D eigenvalue weighted by atomic mass is 79.9. The molecule has 0 fully saturated rings. The molecule has 0 aromatic carbocycles. The first kappa shape index (κ1) is 12.7. The van der Waals surface area contributed by atoms with E-state index >= 15 is 0 Å². The summed E-state index contributed by atoms with van der Waals surface area (Å²) in [6.07, 6.45) is 0. The highest BCUT2D eigenvalue weighted by Crippen LogP contribution is 2.18. The third-order valence-corrected chi connectivity index (χ3v) is 2.96. The van der Waals surface area contributed by atoms with Gasteiger partial charge < -0.3 is 11.5 Å². The van der Waals surface area contributed by atoms with E-state index in [9.17, 15) is 0 Å². The smallest absolute Gasteiger partial charge is 0.0160 e. The Morgan fingerprint density at radius 3 is 1.44 bits per heavy atom. The van der Waals surface area contributed by atoms with Crippen molar-refractivity contribution in [2.75, 3.05) is 24.6 Å². The van der Waals surface area contributed by atoms with Crippen LogP contribution in [-0.4, -0.2) is 24.6 Å². The lowest BCUT2D eigenvalue weighted by atomic mass is 10.8. The van der Waals surface area contributed by atoms with Crippen molar-refractivity contribution >= 4 is 38.6 Å². The van der Waals surface area contributed by atoms with Gasteiger partial charge in [0.05, 0.1) is 0 Å². The van der Waals surface area contributed by atoms with Gasteiger partial charge in [-0.2, -0.15) is 0 Å². The third-order valence-electron chi connectivity index (χ3n) is 0.486. The van der Waals surface area contributed by atoms with Gasteiger partial charge in [-0.3, -0.25) is 0 Å². The monoisotopic (exact) mass is 232 g/mol. The molecule has 0 saturated heterocycles. The fraction of sp³-hybridized carbons (Fsp3) is 1.00. The molecule has 0 rings (SSSR count). The van der Waals surface area contributed by atoms with Gasteiger partial charge in [0, 0.05) is 24.6 Å². The Labute approximate surface area is 74.7 Å². The molecule has 0 aliphatic heterocycles. The molecule has 2 nitrogen and oxygen atoms in total.